The maximum Gasteiger partial charge on any atom is 0.287 e. The molecule has 11 heteroatoms. The number of nitrogens with zero attached hydrogens (tertiary/aromatic N) is 1. The maximum atomic E-state index is 12.5. The Balaban J connectivity index is 2.90. The van der Waals surface area contributed by atoms with Crippen LogP contribution in [0.1, 0.15) is 26.7 Å². The minimum atomic E-state index is -1.13. The molecule has 0 bridgehead atoms. The van der Waals surface area contributed by atoms with Gasteiger partial charge in [0.1, 0.15) is 18.3 Å². The molecule has 4 N–H and O–H groups in total. The van der Waals surface area contributed by atoms with E-state index < -0.39 is 41.0 Å². The molecule has 1 rings (SSSR count). The van der Waals surface area contributed by atoms with Crippen molar-refractivity contribution in [2.24, 2.45) is 0 Å². The molecule has 0 aliphatic heterocycles. The van der Waals surface area contributed by atoms with Crippen LogP contribution < -0.4 is 26.8 Å². The summed E-state index contributed by atoms with van der Waals surface area (Å²) in [5, 5.41) is 9.54. The summed E-state index contributed by atoms with van der Waals surface area (Å²) < 4.78 is 1.11. The summed E-state index contributed by atoms with van der Waals surface area (Å²) in [5.74, 6) is -3.12. The van der Waals surface area contributed by atoms with Crippen molar-refractivity contribution < 1.29 is 24.0 Å². The van der Waals surface area contributed by atoms with Gasteiger partial charge in [-0.15, -0.1) is 0 Å². The highest BCUT2D eigenvalue weighted by Crippen LogP contribution is 2.05. The lowest BCUT2D eigenvalue weighted by Gasteiger charge is -2.17. The fraction of sp³-hybridized carbons (Fsp3) is 0.444. The zero-order valence-corrected chi connectivity index (χ0v) is 16.5. The van der Waals surface area contributed by atoms with E-state index in [0.29, 0.717) is 0 Å². The molecule has 0 saturated carbocycles. The predicted molar refractivity (Wildman–Crippen MR) is 104 cm³/mol. The smallest absolute Gasteiger partial charge is 0.287 e. The first-order valence-electron chi connectivity index (χ1n) is 8.98. The molecule has 0 unspecified atom stereocenters. The van der Waals surface area contributed by atoms with Gasteiger partial charge in [-0.2, -0.15) is 0 Å². The van der Waals surface area contributed by atoms with Gasteiger partial charge in [0.2, 0.25) is 23.5 Å². The Morgan fingerprint density at radius 1 is 1.17 bits per heavy atom. The Morgan fingerprint density at radius 3 is 2.45 bits per heavy atom. The Labute approximate surface area is 167 Å². The molecule has 1 heterocycles. The third kappa shape index (κ3) is 7.56. The molecular formula is C18H25N5O6. The van der Waals surface area contributed by atoms with Crippen molar-refractivity contribution in [3.05, 3.63) is 28.7 Å². The van der Waals surface area contributed by atoms with Gasteiger partial charge in [0.15, 0.2) is 0 Å². The number of ketones is 1. The lowest BCUT2D eigenvalue weighted by Crippen LogP contribution is -2.44. The molecule has 11 nitrogen and oxygen atoms in total. The number of carbonyl (C=O) groups excluding carboxylic acids is 5. The lowest BCUT2D eigenvalue weighted by atomic mass is 10.1. The first-order valence-corrected chi connectivity index (χ1v) is 8.98. The standard InChI is InChI=1S/C18H25N5O6/c1-4-20-17(28)14(25)8-7-12(21-11(2)24)16(27)22-13-6-5-9-23(18(13)29)10-15(26)19-3/h5-6,9,12H,4,7-8,10H2,1-3H3,(H,19,26)(H,20,28)(H,21,24)(H,22,27)/t12-/m0/s1. The largest absolute Gasteiger partial charge is 0.358 e. The minimum Gasteiger partial charge on any atom is -0.358 e. The van der Waals surface area contributed by atoms with E-state index in [9.17, 15) is 28.8 Å². The van der Waals surface area contributed by atoms with Crippen molar-refractivity contribution >= 4 is 35.1 Å². The second-order valence-corrected chi connectivity index (χ2v) is 6.09. The summed E-state index contributed by atoms with van der Waals surface area (Å²) in [6.45, 7) is 2.92. The fourth-order valence-corrected chi connectivity index (χ4v) is 2.37. The van der Waals surface area contributed by atoms with Crippen molar-refractivity contribution in [3.8, 4) is 0 Å². The van der Waals surface area contributed by atoms with Gasteiger partial charge in [-0.05, 0) is 25.5 Å². The van der Waals surface area contributed by atoms with Crippen LogP contribution >= 0.6 is 0 Å². The van der Waals surface area contributed by atoms with E-state index >= 15 is 0 Å². The second kappa shape index (κ2) is 11.4. The number of likely N-dealkylation sites (N-methyl/N-ethyl adjacent to an activating group) is 2. The van der Waals surface area contributed by atoms with Gasteiger partial charge in [-0.1, -0.05) is 0 Å². The van der Waals surface area contributed by atoms with Gasteiger partial charge < -0.3 is 25.8 Å². The Kier molecular flexibility index (Phi) is 9.23. The van der Waals surface area contributed by atoms with Crippen molar-refractivity contribution in [1.29, 1.82) is 0 Å². The topological polar surface area (TPSA) is 155 Å². The van der Waals surface area contributed by atoms with E-state index in [4.69, 9.17) is 0 Å². The van der Waals surface area contributed by atoms with Crippen molar-refractivity contribution in [3.63, 3.8) is 0 Å². The van der Waals surface area contributed by atoms with Gasteiger partial charge in [0, 0.05) is 33.1 Å². The molecule has 1 aromatic rings. The zero-order chi connectivity index (χ0) is 22.0. The van der Waals surface area contributed by atoms with Gasteiger partial charge >= 0.3 is 0 Å². The van der Waals surface area contributed by atoms with E-state index in [1.807, 2.05) is 0 Å². The number of nitrogens with one attached hydrogen (secondary N) is 4. The van der Waals surface area contributed by atoms with Gasteiger partial charge in [-0.3, -0.25) is 28.8 Å². The van der Waals surface area contributed by atoms with Gasteiger partial charge in [0.05, 0.1) is 0 Å². The molecule has 1 atom stereocenters. The molecule has 0 aliphatic rings. The highest BCUT2D eigenvalue weighted by atomic mass is 16.2. The normalized spacial score (nSPS) is 11.1. The minimum absolute atomic E-state index is 0.0909. The average molecular weight is 407 g/mol. The molecule has 0 aromatic carbocycles. The molecule has 0 radical (unpaired) electrons. The van der Waals surface area contributed by atoms with Gasteiger partial charge in [0.25, 0.3) is 11.5 Å². The molecule has 1 aromatic heterocycles. The molecule has 4 amide bonds. The summed E-state index contributed by atoms with van der Waals surface area (Å²) in [6, 6.07) is 1.70. The first-order chi connectivity index (χ1) is 13.7. The monoisotopic (exact) mass is 407 g/mol. The van der Waals surface area contributed by atoms with E-state index in [0.717, 1.165) is 4.57 Å². The zero-order valence-electron chi connectivity index (χ0n) is 16.5. The quantitative estimate of drug-likeness (QED) is 0.347. The summed E-state index contributed by atoms with van der Waals surface area (Å²) in [4.78, 5) is 71.1. The SMILES string of the molecule is CCNC(=O)C(=O)CC[C@H](NC(C)=O)C(=O)Nc1cccn(CC(=O)NC)c1=O. The summed E-state index contributed by atoms with van der Waals surface area (Å²) in [5.41, 5.74) is -0.698. The fourth-order valence-electron chi connectivity index (χ4n) is 2.37. The van der Waals surface area contributed by atoms with Crippen LogP contribution in [0.25, 0.3) is 0 Å². The summed E-state index contributed by atoms with van der Waals surface area (Å²) >= 11 is 0. The van der Waals surface area contributed by atoms with E-state index in [1.54, 1.807) is 6.92 Å². The van der Waals surface area contributed by atoms with Crippen LogP contribution in [0.5, 0.6) is 0 Å². The average Bonchev–Trinajstić information content (AvgIpc) is 2.67. The van der Waals surface area contributed by atoms with Gasteiger partial charge in [-0.25, -0.2) is 0 Å². The Bertz CT molecular complexity index is 847. The van der Waals surface area contributed by atoms with Crippen LogP contribution in [0.3, 0.4) is 0 Å². The van der Waals surface area contributed by atoms with Crippen LogP contribution in [-0.4, -0.2) is 53.6 Å². The van der Waals surface area contributed by atoms with Crippen LogP contribution in [0.15, 0.2) is 23.1 Å². The third-order valence-electron chi connectivity index (χ3n) is 3.82. The Hall–Kier alpha value is -3.50. The van der Waals surface area contributed by atoms with E-state index in [2.05, 4.69) is 21.3 Å². The number of amides is 4. The molecule has 0 saturated heterocycles. The highest BCUT2D eigenvalue weighted by molar-refractivity contribution is 6.36. The van der Waals surface area contributed by atoms with Crippen LogP contribution in [0.2, 0.25) is 0 Å². The molecule has 0 spiro atoms. The first kappa shape index (κ1) is 23.5. The number of pyridine rings is 1. The van der Waals surface area contributed by atoms with Crippen LogP contribution in [0, 0.1) is 0 Å². The van der Waals surface area contributed by atoms with E-state index in [-0.39, 0.29) is 31.6 Å². The number of anilines is 1. The molecule has 29 heavy (non-hydrogen) atoms. The molecule has 0 fully saturated rings. The molecule has 158 valence electrons. The Morgan fingerprint density at radius 2 is 1.86 bits per heavy atom. The number of hydrogen-bond donors (Lipinski definition) is 4. The summed E-state index contributed by atoms with van der Waals surface area (Å²) in [7, 11) is 1.43. The van der Waals surface area contributed by atoms with Crippen molar-refractivity contribution in [2.45, 2.75) is 39.3 Å². The van der Waals surface area contributed by atoms with Crippen LogP contribution in [0.4, 0.5) is 5.69 Å². The number of hydrogen-bond acceptors (Lipinski definition) is 6. The second-order valence-electron chi connectivity index (χ2n) is 6.09. The van der Waals surface area contributed by atoms with E-state index in [1.165, 1.54) is 32.3 Å². The lowest BCUT2D eigenvalue weighted by molar-refractivity contribution is -0.138. The highest BCUT2D eigenvalue weighted by Gasteiger charge is 2.23. The molecular weight excluding hydrogens is 382 g/mol. The summed E-state index contributed by atoms with van der Waals surface area (Å²) in [6.07, 6.45) is 1.00. The number of rotatable bonds is 10. The third-order valence-corrected chi connectivity index (χ3v) is 3.82. The van der Waals surface area contributed by atoms with Crippen molar-refractivity contribution in [2.75, 3.05) is 18.9 Å². The van der Waals surface area contributed by atoms with Crippen LogP contribution in [-0.2, 0) is 30.5 Å². The maximum absolute atomic E-state index is 12.5. The number of Topliss-reactive ketones (excluding diaryl/α,β-unsaturated/α-hetero) is 1. The number of aromatic nitrogens is 1. The molecule has 0 aliphatic carbocycles. The van der Waals surface area contributed by atoms with Crippen molar-refractivity contribution in [1.82, 2.24) is 20.5 Å². The predicted octanol–water partition coefficient (Wildman–Crippen LogP) is -1.48. The number of carbonyl (C=O) groups is 5.